The highest BCUT2D eigenvalue weighted by Crippen LogP contribution is 2.17. The van der Waals surface area contributed by atoms with Crippen molar-refractivity contribution in [3.05, 3.63) is 65.7 Å². The average molecular weight is 579 g/mol. The van der Waals surface area contributed by atoms with Crippen LogP contribution >= 0.6 is 0 Å². The minimum absolute atomic E-state index is 0.0750. The highest BCUT2D eigenvalue weighted by Gasteiger charge is 2.29. The number of benzene rings is 2. The van der Waals surface area contributed by atoms with E-state index in [4.69, 9.17) is 4.74 Å². The maximum Gasteiger partial charge on any atom is 0.242 e. The van der Waals surface area contributed by atoms with Crippen LogP contribution in [-0.2, 0) is 22.6 Å². The predicted octanol–water partition coefficient (Wildman–Crippen LogP) is 5.29. The number of nitrogens with one attached hydrogen (secondary N) is 2. The fourth-order valence-electron chi connectivity index (χ4n) is 5.37. The first-order chi connectivity index (χ1) is 20.2. The molecule has 1 aliphatic rings. The van der Waals surface area contributed by atoms with E-state index in [0.717, 1.165) is 55.9 Å². The van der Waals surface area contributed by atoms with E-state index in [0.29, 0.717) is 31.4 Å². The van der Waals surface area contributed by atoms with Gasteiger partial charge < -0.3 is 20.3 Å². The molecule has 2 atom stereocenters. The Morgan fingerprint density at radius 3 is 2.21 bits per heavy atom. The van der Waals surface area contributed by atoms with E-state index in [2.05, 4.69) is 48.1 Å². The molecule has 232 valence electrons. The van der Waals surface area contributed by atoms with Gasteiger partial charge in [-0.1, -0.05) is 76.6 Å². The number of nitrogens with zero attached hydrogens (tertiary/aromatic N) is 2. The number of rotatable bonds is 17. The van der Waals surface area contributed by atoms with Crippen molar-refractivity contribution in [1.82, 2.24) is 20.4 Å². The molecule has 3 rings (SSSR count). The summed E-state index contributed by atoms with van der Waals surface area (Å²) in [6.07, 6.45) is 5.92. The zero-order chi connectivity index (χ0) is 30.3. The summed E-state index contributed by atoms with van der Waals surface area (Å²) >= 11 is 0. The van der Waals surface area contributed by atoms with E-state index < -0.39 is 6.04 Å². The number of amides is 2. The van der Waals surface area contributed by atoms with Crippen molar-refractivity contribution < 1.29 is 14.3 Å². The summed E-state index contributed by atoms with van der Waals surface area (Å²) in [5.74, 6) is 1.50. The van der Waals surface area contributed by atoms with Crippen LogP contribution in [0.15, 0.2) is 54.6 Å². The topological polar surface area (TPSA) is 73.9 Å². The summed E-state index contributed by atoms with van der Waals surface area (Å²) in [6.45, 7) is 13.6. The Kier molecular flexibility index (Phi) is 14.3. The molecule has 0 spiro atoms. The monoisotopic (exact) mass is 578 g/mol. The Morgan fingerprint density at radius 2 is 1.57 bits per heavy atom. The lowest BCUT2D eigenvalue weighted by Gasteiger charge is -2.31. The summed E-state index contributed by atoms with van der Waals surface area (Å²) in [7, 11) is 2.02. The van der Waals surface area contributed by atoms with Gasteiger partial charge in [-0.15, -0.1) is 0 Å². The quantitative estimate of drug-likeness (QED) is 0.267. The third-order valence-corrected chi connectivity index (χ3v) is 8.01. The van der Waals surface area contributed by atoms with Crippen molar-refractivity contribution in [2.24, 2.45) is 11.8 Å². The lowest BCUT2D eigenvalue weighted by atomic mass is 9.99. The van der Waals surface area contributed by atoms with Gasteiger partial charge in [-0.2, -0.15) is 0 Å². The minimum atomic E-state index is -0.650. The molecule has 0 aromatic heterocycles. The van der Waals surface area contributed by atoms with Gasteiger partial charge in [0.1, 0.15) is 18.4 Å². The van der Waals surface area contributed by atoms with Gasteiger partial charge >= 0.3 is 0 Å². The van der Waals surface area contributed by atoms with E-state index in [1.165, 1.54) is 19.3 Å². The van der Waals surface area contributed by atoms with Gasteiger partial charge in [0.2, 0.25) is 11.8 Å². The Hall–Kier alpha value is -2.90. The minimum Gasteiger partial charge on any atom is -0.489 e. The van der Waals surface area contributed by atoms with Crippen molar-refractivity contribution in [3.63, 3.8) is 0 Å². The Bertz CT molecular complexity index is 1050. The molecule has 7 heteroatoms. The third-order valence-electron chi connectivity index (χ3n) is 8.01. The summed E-state index contributed by atoms with van der Waals surface area (Å²) in [5.41, 5.74) is 2.09. The molecule has 0 unspecified atom stereocenters. The summed E-state index contributed by atoms with van der Waals surface area (Å²) in [6, 6.07) is 17.0. The van der Waals surface area contributed by atoms with Crippen LogP contribution in [0.4, 0.5) is 0 Å². The highest BCUT2D eigenvalue weighted by molar-refractivity contribution is 5.90. The van der Waals surface area contributed by atoms with E-state index in [1.807, 2.05) is 61.6 Å². The fourth-order valence-corrected chi connectivity index (χ4v) is 5.37. The summed E-state index contributed by atoms with van der Waals surface area (Å²) < 4.78 is 5.95. The average Bonchev–Trinajstić information content (AvgIpc) is 2.98. The van der Waals surface area contributed by atoms with Crippen LogP contribution in [0, 0.1) is 11.8 Å². The van der Waals surface area contributed by atoms with E-state index >= 15 is 0 Å². The standard InChI is InChI=1S/C35H54N4O3/c1-27(2)18-22-38(5)33(24-28(3)4)35(41)37-32(34(40)36-19-23-39-20-10-7-11-21-39)25-29-14-16-31(17-15-29)42-26-30-12-8-6-9-13-30/h6,8-9,12-17,27-28,32-33H,7,10-11,18-26H2,1-5H3,(H,36,40)(H,37,41)/t32-,33+/m0/s1. The SMILES string of the molecule is CC(C)CCN(C)[C@H](CC(C)C)C(=O)N[C@@H](Cc1ccc(OCc2ccccc2)cc1)C(=O)NCCN1CCCCC1. The summed E-state index contributed by atoms with van der Waals surface area (Å²) in [4.78, 5) is 31.8. The second-order valence-electron chi connectivity index (χ2n) is 12.7. The Balaban J connectivity index is 1.67. The summed E-state index contributed by atoms with van der Waals surface area (Å²) in [5, 5.41) is 6.27. The van der Waals surface area contributed by atoms with Gasteiger partial charge in [0, 0.05) is 19.5 Å². The van der Waals surface area contributed by atoms with Crippen LogP contribution in [0.1, 0.15) is 70.9 Å². The maximum atomic E-state index is 13.7. The van der Waals surface area contributed by atoms with Crippen LogP contribution in [-0.4, -0.2) is 73.5 Å². The van der Waals surface area contributed by atoms with Gasteiger partial charge in [0.05, 0.1) is 6.04 Å². The van der Waals surface area contributed by atoms with Gasteiger partial charge in [0.25, 0.3) is 0 Å². The second-order valence-corrected chi connectivity index (χ2v) is 12.7. The third kappa shape index (κ3) is 12.1. The van der Waals surface area contributed by atoms with Gasteiger partial charge in [-0.3, -0.25) is 14.5 Å². The number of likely N-dealkylation sites (tertiary alicyclic amines) is 1. The molecule has 7 nitrogen and oxygen atoms in total. The predicted molar refractivity (Wildman–Crippen MR) is 171 cm³/mol. The van der Waals surface area contributed by atoms with Crippen LogP contribution in [0.5, 0.6) is 5.75 Å². The number of hydrogen-bond acceptors (Lipinski definition) is 5. The van der Waals surface area contributed by atoms with Crippen LogP contribution in [0.25, 0.3) is 0 Å². The molecule has 0 bridgehead atoms. The highest BCUT2D eigenvalue weighted by atomic mass is 16.5. The molecule has 1 saturated heterocycles. The molecule has 2 amide bonds. The van der Waals surface area contributed by atoms with Crippen molar-refractivity contribution >= 4 is 11.8 Å². The first-order valence-corrected chi connectivity index (χ1v) is 16.0. The molecule has 1 heterocycles. The lowest BCUT2D eigenvalue weighted by molar-refractivity contribution is -0.132. The number of likely N-dealkylation sites (N-methyl/N-ethyl adjacent to an activating group) is 1. The maximum absolute atomic E-state index is 13.7. The normalized spacial score (nSPS) is 15.5. The van der Waals surface area contributed by atoms with Crippen LogP contribution in [0.3, 0.4) is 0 Å². The zero-order valence-electron chi connectivity index (χ0n) is 26.6. The molecule has 0 radical (unpaired) electrons. The Morgan fingerprint density at radius 1 is 0.881 bits per heavy atom. The molecule has 2 N–H and O–H groups in total. The van der Waals surface area contributed by atoms with E-state index in [1.54, 1.807) is 0 Å². The first kappa shape index (κ1) is 33.6. The zero-order valence-corrected chi connectivity index (χ0v) is 26.6. The molecular weight excluding hydrogens is 524 g/mol. The smallest absolute Gasteiger partial charge is 0.242 e. The van der Waals surface area contributed by atoms with Gasteiger partial charge in [-0.25, -0.2) is 0 Å². The molecule has 2 aromatic carbocycles. The van der Waals surface area contributed by atoms with E-state index in [-0.39, 0.29) is 17.9 Å². The molecule has 0 aliphatic carbocycles. The number of carbonyl (C=O) groups excluding carboxylic acids is 2. The first-order valence-electron chi connectivity index (χ1n) is 16.0. The second kappa shape index (κ2) is 17.9. The van der Waals surface area contributed by atoms with Crippen molar-refractivity contribution in [1.29, 1.82) is 0 Å². The number of hydrogen-bond donors (Lipinski definition) is 2. The molecule has 1 fully saturated rings. The molecule has 1 aliphatic heterocycles. The molecule has 42 heavy (non-hydrogen) atoms. The Labute approximate surface area is 254 Å². The number of ether oxygens (including phenoxy) is 1. The van der Waals surface area contributed by atoms with Crippen molar-refractivity contribution in [2.45, 2.75) is 84.9 Å². The number of carbonyl (C=O) groups is 2. The van der Waals surface area contributed by atoms with Crippen molar-refractivity contribution in [2.75, 3.05) is 39.8 Å². The van der Waals surface area contributed by atoms with E-state index in [9.17, 15) is 9.59 Å². The van der Waals surface area contributed by atoms with Gasteiger partial charge in [-0.05, 0) is 87.5 Å². The number of piperidine rings is 1. The molecular formula is C35H54N4O3. The molecule has 2 aromatic rings. The van der Waals surface area contributed by atoms with Crippen LogP contribution < -0.4 is 15.4 Å². The lowest BCUT2D eigenvalue weighted by Crippen LogP contribution is -2.54. The molecule has 0 saturated carbocycles. The van der Waals surface area contributed by atoms with Crippen LogP contribution in [0.2, 0.25) is 0 Å². The van der Waals surface area contributed by atoms with Gasteiger partial charge in [0.15, 0.2) is 0 Å². The van der Waals surface area contributed by atoms with Crippen molar-refractivity contribution in [3.8, 4) is 5.75 Å². The largest absolute Gasteiger partial charge is 0.489 e. The fraction of sp³-hybridized carbons (Fsp3) is 0.600.